The zero-order valence-corrected chi connectivity index (χ0v) is 10.2. The molecule has 86 valence electrons. The summed E-state index contributed by atoms with van der Waals surface area (Å²) in [4.78, 5) is 0. The summed E-state index contributed by atoms with van der Waals surface area (Å²) in [5.41, 5.74) is 5.23. The first-order valence-corrected chi connectivity index (χ1v) is 5.74. The standard InChI is InChI=1S/C12H15ClN2O/c1-8-3-6-11(15-14-8)9-4-5-10(13)12(7-9)16-2/h4-5,7-8,14H,3,6H2,1-2H3. The Labute approximate surface area is 100 Å². The van der Waals surface area contributed by atoms with Gasteiger partial charge in [-0.3, -0.25) is 0 Å². The molecule has 16 heavy (non-hydrogen) atoms. The summed E-state index contributed by atoms with van der Waals surface area (Å²) in [7, 11) is 1.62. The van der Waals surface area contributed by atoms with Crippen LogP contribution in [0.25, 0.3) is 0 Å². The van der Waals surface area contributed by atoms with E-state index in [1.165, 1.54) is 0 Å². The van der Waals surface area contributed by atoms with E-state index in [0.717, 1.165) is 24.1 Å². The van der Waals surface area contributed by atoms with E-state index >= 15 is 0 Å². The van der Waals surface area contributed by atoms with Gasteiger partial charge in [0.1, 0.15) is 5.75 Å². The SMILES string of the molecule is COc1cc(C2=NNC(C)CC2)ccc1Cl. The fourth-order valence-corrected chi connectivity index (χ4v) is 1.90. The molecule has 1 aromatic carbocycles. The van der Waals surface area contributed by atoms with E-state index in [-0.39, 0.29) is 0 Å². The van der Waals surface area contributed by atoms with Crippen LogP contribution in [0.1, 0.15) is 25.3 Å². The van der Waals surface area contributed by atoms with Crippen molar-refractivity contribution >= 4 is 17.3 Å². The van der Waals surface area contributed by atoms with Gasteiger partial charge in [0.2, 0.25) is 0 Å². The fourth-order valence-electron chi connectivity index (χ4n) is 1.71. The van der Waals surface area contributed by atoms with Crippen molar-refractivity contribution in [2.24, 2.45) is 5.10 Å². The van der Waals surface area contributed by atoms with Gasteiger partial charge in [-0.25, -0.2) is 0 Å². The summed E-state index contributed by atoms with van der Waals surface area (Å²) in [5, 5.41) is 4.98. The third kappa shape index (κ3) is 2.30. The minimum absolute atomic E-state index is 0.456. The molecule has 2 rings (SSSR count). The van der Waals surface area contributed by atoms with Gasteiger partial charge < -0.3 is 10.2 Å². The predicted octanol–water partition coefficient (Wildman–Crippen LogP) is 2.82. The zero-order chi connectivity index (χ0) is 11.5. The summed E-state index contributed by atoms with van der Waals surface area (Å²) < 4.78 is 5.19. The maximum Gasteiger partial charge on any atom is 0.138 e. The molecule has 0 saturated heterocycles. The molecule has 1 unspecified atom stereocenters. The Kier molecular flexibility index (Phi) is 3.34. The van der Waals surface area contributed by atoms with Crippen LogP contribution >= 0.6 is 11.6 Å². The molecule has 1 N–H and O–H groups in total. The molecule has 1 aromatic rings. The molecular weight excluding hydrogens is 224 g/mol. The van der Waals surface area contributed by atoms with Crippen LogP contribution in [0.4, 0.5) is 0 Å². The molecular formula is C12H15ClN2O. The Morgan fingerprint density at radius 2 is 2.31 bits per heavy atom. The van der Waals surface area contributed by atoms with Crippen molar-refractivity contribution in [2.75, 3.05) is 7.11 Å². The number of halogens is 1. The van der Waals surface area contributed by atoms with E-state index in [0.29, 0.717) is 16.8 Å². The Hall–Kier alpha value is -1.22. The third-order valence-electron chi connectivity index (χ3n) is 2.72. The van der Waals surface area contributed by atoms with Crippen molar-refractivity contribution in [3.63, 3.8) is 0 Å². The van der Waals surface area contributed by atoms with Crippen molar-refractivity contribution in [1.82, 2.24) is 5.43 Å². The molecule has 1 aliphatic heterocycles. The molecule has 0 bridgehead atoms. The molecule has 4 heteroatoms. The third-order valence-corrected chi connectivity index (χ3v) is 3.03. The molecule has 3 nitrogen and oxygen atoms in total. The van der Waals surface area contributed by atoms with Gasteiger partial charge in [-0.2, -0.15) is 5.10 Å². The first-order valence-electron chi connectivity index (χ1n) is 5.36. The molecule has 1 atom stereocenters. The topological polar surface area (TPSA) is 33.6 Å². The lowest BCUT2D eigenvalue weighted by Gasteiger charge is -2.19. The Balaban J connectivity index is 2.27. The summed E-state index contributed by atoms with van der Waals surface area (Å²) in [6.07, 6.45) is 2.09. The molecule has 1 aliphatic rings. The maximum absolute atomic E-state index is 5.98. The number of hydrazone groups is 1. The highest BCUT2D eigenvalue weighted by atomic mass is 35.5. The molecule has 1 heterocycles. The second kappa shape index (κ2) is 4.74. The lowest BCUT2D eigenvalue weighted by atomic mass is 10.0. The first-order chi connectivity index (χ1) is 7.70. The van der Waals surface area contributed by atoms with Crippen LogP contribution in [0.3, 0.4) is 0 Å². The first kappa shape index (κ1) is 11.3. The number of hydrogen-bond donors (Lipinski definition) is 1. The highest BCUT2D eigenvalue weighted by molar-refractivity contribution is 6.32. The van der Waals surface area contributed by atoms with Crippen molar-refractivity contribution < 1.29 is 4.74 Å². The predicted molar refractivity (Wildman–Crippen MR) is 66.4 cm³/mol. The summed E-state index contributed by atoms with van der Waals surface area (Å²) in [6.45, 7) is 2.13. The number of nitrogens with zero attached hydrogens (tertiary/aromatic N) is 1. The van der Waals surface area contributed by atoms with Crippen LogP contribution < -0.4 is 10.2 Å². The average molecular weight is 239 g/mol. The van der Waals surface area contributed by atoms with E-state index < -0.39 is 0 Å². The van der Waals surface area contributed by atoms with Crippen LogP contribution in [0, 0.1) is 0 Å². The van der Waals surface area contributed by atoms with Crippen LogP contribution in [0.5, 0.6) is 5.75 Å². The van der Waals surface area contributed by atoms with E-state index in [1.807, 2.05) is 18.2 Å². The number of methoxy groups -OCH3 is 1. The van der Waals surface area contributed by atoms with Gasteiger partial charge in [-0.05, 0) is 31.9 Å². The Morgan fingerprint density at radius 1 is 1.50 bits per heavy atom. The molecule has 0 amide bonds. The second-order valence-corrected chi connectivity index (χ2v) is 4.38. The number of hydrogen-bond acceptors (Lipinski definition) is 3. The fraction of sp³-hybridized carbons (Fsp3) is 0.417. The molecule has 0 aliphatic carbocycles. The number of rotatable bonds is 2. The minimum Gasteiger partial charge on any atom is -0.495 e. The Morgan fingerprint density at radius 3 is 2.94 bits per heavy atom. The molecule has 0 saturated carbocycles. The van der Waals surface area contributed by atoms with Crippen LogP contribution in [0.2, 0.25) is 5.02 Å². The molecule has 0 radical (unpaired) electrons. The van der Waals surface area contributed by atoms with Gasteiger partial charge >= 0.3 is 0 Å². The van der Waals surface area contributed by atoms with Gasteiger partial charge in [0.25, 0.3) is 0 Å². The normalized spacial score (nSPS) is 19.9. The zero-order valence-electron chi connectivity index (χ0n) is 9.46. The number of nitrogens with one attached hydrogen (secondary N) is 1. The highest BCUT2D eigenvalue weighted by Gasteiger charge is 2.13. The van der Waals surface area contributed by atoms with Gasteiger partial charge in [0.05, 0.1) is 17.8 Å². The second-order valence-electron chi connectivity index (χ2n) is 3.98. The maximum atomic E-state index is 5.98. The summed E-state index contributed by atoms with van der Waals surface area (Å²) >= 11 is 5.98. The molecule has 0 spiro atoms. The van der Waals surface area contributed by atoms with Gasteiger partial charge in [0, 0.05) is 11.6 Å². The van der Waals surface area contributed by atoms with E-state index in [1.54, 1.807) is 7.11 Å². The van der Waals surface area contributed by atoms with Crippen molar-refractivity contribution in [3.05, 3.63) is 28.8 Å². The quantitative estimate of drug-likeness (QED) is 0.860. The van der Waals surface area contributed by atoms with Crippen molar-refractivity contribution in [1.29, 1.82) is 0 Å². The number of ether oxygens (including phenoxy) is 1. The van der Waals surface area contributed by atoms with Crippen LogP contribution in [-0.2, 0) is 0 Å². The summed E-state index contributed by atoms with van der Waals surface area (Å²) in [5.74, 6) is 0.695. The average Bonchev–Trinajstić information content (AvgIpc) is 2.31. The largest absolute Gasteiger partial charge is 0.495 e. The van der Waals surface area contributed by atoms with Gasteiger partial charge in [-0.15, -0.1) is 0 Å². The monoisotopic (exact) mass is 238 g/mol. The highest BCUT2D eigenvalue weighted by Crippen LogP contribution is 2.26. The van der Waals surface area contributed by atoms with E-state index in [4.69, 9.17) is 16.3 Å². The Bertz CT molecular complexity index is 417. The van der Waals surface area contributed by atoms with Gasteiger partial charge in [0.15, 0.2) is 0 Å². The van der Waals surface area contributed by atoms with E-state index in [9.17, 15) is 0 Å². The molecule has 0 aromatic heterocycles. The van der Waals surface area contributed by atoms with Crippen molar-refractivity contribution in [3.8, 4) is 5.75 Å². The lowest BCUT2D eigenvalue weighted by Crippen LogP contribution is -2.28. The van der Waals surface area contributed by atoms with Crippen LogP contribution in [0.15, 0.2) is 23.3 Å². The van der Waals surface area contributed by atoms with Crippen LogP contribution in [-0.4, -0.2) is 18.9 Å². The smallest absolute Gasteiger partial charge is 0.138 e. The number of benzene rings is 1. The van der Waals surface area contributed by atoms with E-state index in [2.05, 4.69) is 17.5 Å². The summed E-state index contributed by atoms with van der Waals surface area (Å²) in [6, 6.07) is 6.20. The van der Waals surface area contributed by atoms with Crippen molar-refractivity contribution in [2.45, 2.75) is 25.8 Å². The minimum atomic E-state index is 0.456. The van der Waals surface area contributed by atoms with Gasteiger partial charge in [-0.1, -0.05) is 17.7 Å². The molecule has 0 fully saturated rings. The lowest BCUT2D eigenvalue weighted by molar-refractivity contribution is 0.415.